The molecule has 3 rings (SSSR count). The number of sulfonamides is 1. The van der Waals surface area contributed by atoms with Crippen molar-refractivity contribution in [3.63, 3.8) is 0 Å². The highest BCUT2D eigenvalue weighted by atomic mass is 127. The third-order valence-electron chi connectivity index (χ3n) is 4.50. The van der Waals surface area contributed by atoms with Gasteiger partial charge in [0.25, 0.3) is 15.9 Å². The van der Waals surface area contributed by atoms with Gasteiger partial charge < -0.3 is 5.32 Å². The molecule has 0 radical (unpaired) electrons. The molecule has 0 fully saturated rings. The second-order valence-electron chi connectivity index (χ2n) is 6.85. The lowest BCUT2D eigenvalue weighted by molar-refractivity contribution is 0.0977. The number of halogens is 1. The van der Waals surface area contributed by atoms with Crippen molar-refractivity contribution >= 4 is 67.2 Å². The smallest absolute Gasteiger partial charge is 0.261 e. The number of aryl methyl sites for hydroxylation is 2. The zero-order valence-corrected chi connectivity index (χ0v) is 20.6. The van der Waals surface area contributed by atoms with Crippen molar-refractivity contribution in [2.75, 3.05) is 10.0 Å². The number of carbonyl (C=O) groups is 1. The molecule has 6 nitrogen and oxygen atoms in total. The van der Waals surface area contributed by atoms with Gasteiger partial charge in [-0.2, -0.15) is 0 Å². The summed E-state index contributed by atoms with van der Waals surface area (Å²) in [4.78, 5) is 12.4. The lowest BCUT2D eigenvalue weighted by Crippen LogP contribution is -2.34. The highest BCUT2D eigenvalue weighted by Crippen LogP contribution is 2.20. The fourth-order valence-corrected chi connectivity index (χ4v) is 4.51. The lowest BCUT2D eigenvalue weighted by atomic mass is 10.1. The van der Waals surface area contributed by atoms with Crippen molar-refractivity contribution < 1.29 is 13.2 Å². The summed E-state index contributed by atoms with van der Waals surface area (Å²) < 4.78 is 28.8. The van der Waals surface area contributed by atoms with Gasteiger partial charge in [-0.25, -0.2) is 8.42 Å². The molecule has 3 aromatic rings. The SMILES string of the molecule is Cc1ccc(NS(=O)(=O)c2ccc(NC(=S)NC(=O)c3cccc(I)c3)cc2)cc1C. The van der Waals surface area contributed by atoms with Gasteiger partial charge in [-0.05, 0) is 114 Å². The Morgan fingerprint density at radius 2 is 1.58 bits per heavy atom. The summed E-state index contributed by atoms with van der Waals surface area (Å²) in [6.45, 7) is 3.89. The maximum atomic E-state index is 12.6. The first-order valence-corrected chi connectivity index (χ1v) is 12.2. The number of amides is 1. The molecule has 0 unspecified atom stereocenters. The van der Waals surface area contributed by atoms with Crippen LogP contribution in [0.25, 0.3) is 0 Å². The molecule has 0 spiro atoms. The van der Waals surface area contributed by atoms with Gasteiger partial charge in [-0.15, -0.1) is 0 Å². The first-order chi connectivity index (χ1) is 14.6. The first kappa shape index (κ1) is 23.2. The lowest BCUT2D eigenvalue weighted by Gasteiger charge is -2.12. The van der Waals surface area contributed by atoms with E-state index < -0.39 is 10.0 Å². The minimum atomic E-state index is -3.73. The Balaban J connectivity index is 1.64. The van der Waals surface area contributed by atoms with Crippen molar-refractivity contribution in [2.24, 2.45) is 0 Å². The van der Waals surface area contributed by atoms with Gasteiger partial charge >= 0.3 is 0 Å². The van der Waals surface area contributed by atoms with Crippen LogP contribution in [0.4, 0.5) is 11.4 Å². The molecule has 0 aromatic heterocycles. The molecule has 3 aromatic carbocycles. The molecular weight excluding hydrogens is 545 g/mol. The Labute approximate surface area is 200 Å². The number of anilines is 2. The van der Waals surface area contributed by atoms with Crippen LogP contribution in [0.5, 0.6) is 0 Å². The van der Waals surface area contributed by atoms with Gasteiger partial charge in [0.05, 0.1) is 4.90 Å². The largest absolute Gasteiger partial charge is 0.332 e. The van der Waals surface area contributed by atoms with Crippen molar-refractivity contribution in [2.45, 2.75) is 18.7 Å². The monoisotopic (exact) mass is 565 g/mol. The highest BCUT2D eigenvalue weighted by molar-refractivity contribution is 14.1. The molecule has 0 heterocycles. The van der Waals surface area contributed by atoms with Gasteiger partial charge in [0.1, 0.15) is 0 Å². The van der Waals surface area contributed by atoms with Crippen LogP contribution in [0.15, 0.2) is 71.6 Å². The van der Waals surface area contributed by atoms with E-state index in [-0.39, 0.29) is 15.9 Å². The summed E-state index contributed by atoms with van der Waals surface area (Å²) in [5, 5.41) is 5.61. The quantitative estimate of drug-likeness (QED) is 0.305. The van der Waals surface area contributed by atoms with Crippen LogP contribution in [0, 0.1) is 17.4 Å². The Bertz CT molecular complexity index is 1240. The summed E-state index contributed by atoms with van der Waals surface area (Å²) in [7, 11) is -3.73. The van der Waals surface area contributed by atoms with E-state index in [9.17, 15) is 13.2 Å². The van der Waals surface area contributed by atoms with Gasteiger partial charge in [-0.1, -0.05) is 12.1 Å². The number of nitrogens with one attached hydrogen (secondary N) is 3. The molecule has 9 heteroatoms. The maximum Gasteiger partial charge on any atom is 0.261 e. The molecule has 0 atom stereocenters. The molecule has 0 aliphatic rings. The van der Waals surface area contributed by atoms with E-state index in [0.717, 1.165) is 14.7 Å². The summed E-state index contributed by atoms with van der Waals surface area (Å²) in [5.74, 6) is -0.326. The molecule has 0 saturated heterocycles. The van der Waals surface area contributed by atoms with Crippen molar-refractivity contribution in [3.05, 3.63) is 87.0 Å². The molecule has 3 N–H and O–H groups in total. The van der Waals surface area contributed by atoms with Gasteiger partial charge in [0.15, 0.2) is 5.11 Å². The molecule has 0 bridgehead atoms. The average Bonchev–Trinajstić information content (AvgIpc) is 2.71. The summed E-state index contributed by atoms with van der Waals surface area (Å²) in [6, 6.07) is 18.6. The third kappa shape index (κ3) is 6.25. The van der Waals surface area contributed by atoms with Crippen LogP contribution in [0.2, 0.25) is 0 Å². The first-order valence-electron chi connectivity index (χ1n) is 9.22. The number of rotatable bonds is 5. The summed E-state index contributed by atoms with van der Waals surface area (Å²) >= 11 is 7.31. The Hall–Kier alpha value is -2.50. The zero-order valence-electron chi connectivity index (χ0n) is 16.8. The number of thiocarbonyl (C=S) groups is 1. The minimum Gasteiger partial charge on any atom is -0.332 e. The second kappa shape index (κ2) is 9.75. The highest BCUT2D eigenvalue weighted by Gasteiger charge is 2.15. The fourth-order valence-electron chi connectivity index (χ4n) is 2.70. The Morgan fingerprint density at radius 3 is 2.23 bits per heavy atom. The average molecular weight is 565 g/mol. The van der Waals surface area contributed by atoms with Crippen LogP contribution in [0.1, 0.15) is 21.5 Å². The predicted molar refractivity (Wildman–Crippen MR) is 136 cm³/mol. The van der Waals surface area contributed by atoms with Crippen molar-refractivity contribution in [1.82, 2.24) is 5.32 Å². The van der Waals surface area contributed by atoms with E-state index in [1.54, 1.807) is 42.5 Å². The van der Waals surface area contributed by atoms with E-state index in [0.29, 0.717) is 16.9 Å². The minimum absolute atomic E-state index is 0.116. The van der Waals surface area contributed by atoms with E-state index in [4.69, 9.17) is 12.2 Å². The Morgan fingerprint density at radius 1 is 0.903 bits per heavy atom. The van der Waals surface area contributed by atoms with E-state index in [1.165, 1.54) is 12.1 Å². The second-order valence-corrected chi connectivity index (χ2v) is 10.2. The van der Waals surface area contributed by atoms with E-state index in [1.807, 2.05) is 26.0 Å². The van der Waals surface area contributed by atoms with Crippen LogP contribution in [0.3, 0.4) is 0 Å². The maximum absolute atomic E-state index is 12.6. The molecule has 1 amide bonds. The van der Waals surface area contributed by atoms with Crippen LogP contribution in [-0.4, -0.2) is 19.4 Å². The fraction of sp³-hybridized carbons (Fsp3) is 0.0909. The van der Waals surface area contributed by atoms with E-state index >= 15 is 0 Å². The van der Waals surface area contributed by atoms with Gasteiger partial charge in [0.2, 0.25) is 0 Å². The number of hydrogen-bond acceptors (Lipinski definition) is 4. The molecule has 31 heavy (non-hydrogen) atoms. The predicted octanol–water partition coefficient (Wildman–Crippen LogP) is 4.84. The third-order valence-corrected chi connectivity index (χ3v) is 6.77. The topological polar surface area (TPSA) is 87.3 Å². The van der Waals surface area contributed by atoms with Crippen LogP contribution >= 0.6 is 34.8 Å². The Kier molecular flexibility index (Phi) is 7.29. The number of benzene rings is 3. The van der Waals surface area contributed by atoms with Crippen LogP contribution < -0.4 is 15.4 Å². The standard InChI is InChI=1S/C22H20IN3O3S2/c1-14-6-7-19(12-15(14)2)26-31(28,29)20-10-8-18(9-11-20)24-22(30)25-21(27)16-4-3-5-17(23)13-16/h3-13,26H,1-2H3,(H2,24,25,27,30). The normalized spacial score (nSPS) is 10.9. The van der Waals surface area contributed by atoms with E-state index in [2.05, 4.69) is 37.9 Å². The molecule has 0 aliphatic heterocycles. The zero-order chi connectivity index (χ0) is 22.6. The summed E-state index contributed by atoms with van der Waals surface area (Å²) in [6.07, 6.45) is 0. The van der Waals surface area contributed by atoms with Crippen LogP contribution in [-0.2, 0) is 10.0 Å². The van der Waals surface area contributed by atoms with Gasteiger partial charge in [-0.3, -0.25) is 14.8 Å². The number of hydrogen-bond donors (Lipinski definition) is 3. The molecule has 0 aliphatic carbocycles. The van der Waals surface area contributed by atoms with Crippen molar-refractivity contribution in [3.8, 4) is 0 Å². The van der Waals surface area contributed by atoms with Crippen molar-refractivity contribution in [1.29, 1.82) is 0 Å². The van der Waals surface area contributed by atoms with Gasteiger partial charge in [0, 0.05) is 20.5 Å². The number of carbonyl (C=O) groups excluding carboxylic acids is 1. The molecule has 0 saturated carbocycles. The molecule has 160 valence electrons. The molecular formula is C22H20IN3O3S2. The summed E-state index contributed by atoms with van der Waals surface area (Å²) in [5.41, 5.74) is 3.64.